The number of benzene rings is 2. The van der Waals surface area contributed by atoms with Crippen LogP contribution in [-0.4, -0.2) is 40.8 Å². The molecule has 0 saturated carbocycles. The minimum absolute atomic E-state index is 0.0602. The molecule has 1 aromatic heterocycles. The first-order chi connectivity index (χ1) is 14.6. The van der Waals surface area contributed by atoms with Crippen molar-refractivity contribution in [3.63, 3.8) is 0 Å². The van der Waals surface area contributed by atoms with E-state index in [4.69, 9.17) is 11.6 Å². The van der Waals surface area contributed by atoms with Crippen LogP contribution in [0.5, 0.6) is 0 Å². The standard InChI is InChI=1S/C23H22ClN3O2S/c24-20-9-5-4-8-19(20)23-26-18(15-30-23)14-21(28)27-12-10-17(11-13-27)25-22(29)16-6-2-1-3-7-16/h1-9,15,17H,10-14H2,(H,25,29). The third-order valence-electron chi connectivity index (χ3n) is 5.21. The summed E-state index contributed by atoms with van der Waals surface area (Å²) in [6.45, 7) is 1.28. The largest absolute Gasteiger partial charge is 0.349 e. The van der Waals surface area contributed by atoms with Crippen molar-refractivity contribution in [3.05, 3.63) is 76.3 Å². The topological polar surface area (TPSA) is 62.3 Å². The molecule has 154 valence electrons. The van der Waals surface area contributed by atoms with Gasteiger partial charge in [-0.2, -0.15) is 0 Å². The number of carbonyl (C=O) groups excluding carboxylic acids is 2. The average molecular weight is 440 g/mol. The molecule has 1 aliphatic rings. The fraction of sp³-hybridized carbons (Fsp3) is 0.261. The highest BCUT2D eigenvalue weighted by molar-refractivity contribution is 7.13. The highest BCUT2D eigenvalue weighted by Crippen LogP contribution is 2.30. The smallest absolute Gasteiger partial charge is 0.251 e. The number of nitrogens with zero attached hydrogens (tertiary/aromatic N) is 2. The normalized spacial score (nSPS) is 14.5. The van der Waals surface area contributed by atoms with Crippen molar-refractivity contribution in [2.75, 3.05) is 13.1 Å². The molecule has 0 atom stereocenters. The van der Waals surface area contributed by atoms with Gasteiger partial charge in [-0.3, -0.25) is 9.59 Å². The third kappa shape index (κ3) is 4.89. The molecular formula is C23H22ClN3O2S. The molecule has 30 heavy (non-hydrogen) atoms. The van der Waals surface area contributed by atoms with Gasteiger partial charge in [-0.25, -0.2) is 4.98 Å². The van der Waals surface area contributed by atoms with Gasteiger partial charge in [-0.15, -0.1) is 11.3 Å². The second kappa shape index (κ2) is 9.41. The molecule has 1 aliphatic heterocycles. The summed E-state index contributed by atoms with van der Waals surface area (Å²) in [4.78, 5) is 31.5. The van der Waals surface area contributed by atoms with Gasteiger partial charge in [0, 0.05) is 35.6 Å². The van der Waals surface area contributed by atoms with Gasteiger partial charge in [0.15, 0.2) is 0 Å². The van der Waals surface area contributed by atoms with Crippen molar-refractivity contribution in [2.24, 2.45) is 0 Å². The minimum atomic E-state index is -0.0602. The number of likely N-dealkylation sites (tertiary alicyclic amines) is 1. The van der Waals surface area contributed by atoms with Gasteiger partial charge in [0.1, 0.15) is 5.01 Å². The Balaban J connectivity index is 1.29. The Morgan fingerprint density at radius 2 is 1.77 bits per heavy atom. The molecule has 0 bridgehead atoms. The highest BCUT2D eigenvalue weighted by Gasteiger charge is 2.24. The van der Waals surface area contributed by atoms with Crippen LogP contribution in [0.1, 0.15) is 28.9 Å². The van der Waals surface area contributed by atoms with Crippen molar-refractivity contribution in [1.29, 1.82) is 0 Å². The fourth-order valence-electron chi connectivity index (χ4n) is 3.54. The zero-order chi connectivity index (χ0) is 20.9. The Kier molecular flexibility index (Phi) is 6.45. The van der Waals surface area contributed by atoms with E-state index in [0.29, 0.717) is 23.7 Å². The molecule has 2 aromatic carbocycles. The molecular weight excluding hydrogens is 418 g/mol. The molecule has 1 fully saturated rings. The Hall–Kier alpha value is -2.70. The molecule has 2 amide bonds. The first-order valence-electron chi connectivity index (χ1n) is 9.93. The fourth-order valence-corrected chi connectivity index (χ4v) is 4.68. The van der Waals surface area contributed by atoms with Gasteiger partial charge in [0.25, 0.3) is 5.91 Å². The Labute approximate surface area is 184 Å². The first-order valence-corrected chi connectivity index (χ1v) is 11.2. The summed E-state index contributed by atoms with van der Waals surface area (Å²) in [7, 11) is 0. The van der Waals surface area contributed by atoms with Gasteiger partial charge in [-0.05, 0) is 31.0 Å². The lowest BCUT2D eigenvalue weighted by Crippen LogP contribution is -2.47. The number of carbonyl (C=O) groups is 2. The zero-order valence-corrected chi connectivity index (χ0v) is 18.0. The van der Waals surface area contributed by atoms with Gasteiger partial charge in [-0.1, -0.05) is 48.0 Å². The number of hydrogen-bond donors (Lipinski definition) is 1. The molecule has 5 nitrogen and oxygen atoms in total. The van der Waals surface area contributed by atoms with E-state index >= 15 is 0 Å². The van der Waals surface area contributed by atoms with Crippen LogP contribution in [0.15, 0.2) is 60.0 Å². The maximum absolute atomic E-state index is 12.7. The summed E-state index contributed by atoms with van der Waals surface area (Å²) in [6.07, 6.45) is 1.79. The molecule has 3 aromatic rings. The van der Waals surface area contributed by atoms with E-state index < -0.39 is 0 Å². The first kappa shape index (κ1) is 20.6. The number of amides is 2. The van der Waals surface area contributed by atoms with Crippen molar-refractivity contribution < 1.29 is 9.59 Å². The van der Waals surface area contributed by atoms with Crippen molar-refractivity contribution in [3.8, 4) is 10.6 Å². The summed E-state index contributed by atoms with van der Waals surface area (Å²) in [5.41, 5.74) is 2.31. The van der Waals surface area contributed by atoms with E-state index in [-0.39, 0.29) is 24.3 Å². The van der Waals surface area contributed by atoms with Crippen LogP contribution in [0, 0.1) is 0 Å². The van der Waals surface area contributed by atoms with E-state index in [2.05, 4.69) is 10.3 Å². The van der Waals surface area contributed by atoms with E-state index in [9.17, 15) is 9.59 Å². The summed E-state index contributed by atoms with van der Waals surface area (Å²) >= 11 is 7.74. The summed E-state index contributed by atoms with van der Waals surface area (Å²) < 4.78 is 0. The number of aromatic nitrogens is 1. The lowest BCUT2D eigenvalue weighted by molar-refractivity contribution is -0.131. The Morgan fingerprint density at radius 1 is 1.07 bits per heavy atom. The predicted octanol–water partition coefficient (Wildman–Crippen LogP) is 4.43. The van der Waals surface area contributed by atoms with Crippen LogP contribution in [0.2, 0.25) is 5.02 Å². The van der Waals surface area contributed by atoms with Crippen LogP contribution < -0.4 is 5.32 Å². The second-order valence-corrected chi connectivity index (χ2v) is 8.56. The van der Waals surface area contributed by atoms with E-state index in [1.54, 1.807) is 12.1 Å². The van der Waals surface area contributed by atoms with E-state index in [1.165, 1.54) is 11.3 Å². The van der Waals surface area contributed by atoms with E-state index in [0.717, 1.165) is 29.1 Å². The lowest BCUT2D eigenvalue weighted by atomic mass is 10.0. The molecule has 7 heteroatoms. The monoisotopic (exact) mass is 439 g/mol. The molecule has 2 heterocycles. The van der Waals surface area contributed by atoms with E-state index in [1.807, 2.05) is 52.7 Å². The maximum atomic E-state index is 12.7. The molecule has 0 spiro atoms. The highest BCUT2D eigenvalue weighted by atomic mass is 35.5. The minimum Gasteiger partial charge on any atom is -0.349 e. The number of nitrogens with one attached hydrogen (secondary N) is 1. The number of hydrogen-bond acceptors (Lipinski definition) is 4. The molecule has 0 radical (unpaired) electrons. The average Bonchev–Trinajstić information content (AvgIpc) is 3.23. The Bertz CT molecular complexity index is 1030. The number of rotatable bonds is 5. The molecule has 1 N–H and O–H groups in total. The van der Waals surface area contributed by atoms with Crippen molar-refractivity contribution in [1.82, 2.24) is 15.2 Å². The molecule has 0 unspecified atom stereocenters. The SMILES string of the molecule is O=C(NC1CCN(C(=O)Cc2csc(-c3ccccc3Cl)n2)CC1)c1ccccc1. The predicted molar refractivity (Wildman–Crippen MR) is 120 cm³/mol. The maximum Gasteiger partial charge on any atom is 0.251 e. The molecule has 0 aliphatic carbocycles. The number of thiazole rings is 1. The summed E-state index contributed by atoms with van der Waals surface area (Å²) in [5, 5.41) is 6.47. The van der Waals surface area contributed by atoms with Gasteiger partial charge < -0.3 is 10.2 Å². The number of piperidine rings is 1. The van der Waals surface area contributed by atoms with Crippen LogP contribution in [-0.2, 0) is 11.2 Å². The quantitative estimate of drug-likeness (QED) is 0.639. The zero-order valence-electron chi connectivity index (χ0n) is 16.4. The second-order valence-electron chi connectivity index (χ2n) is 7.30. The van der Waals surface area contributed by atoms with Crippen LogP contribution in [0.3, 0.4) is 0 Å². The molecule has 1 saturated heterocycles. The van der Waals surface area contributed by atoms with Crippen molar-refractivity contribution in [2.45, 2.75) is 25.3 Å². The van der Waals surface area contributed by atoms with Crippen LogP contribution >= 0.6 is 22.9 Å². The summed E-state index contributed by atoms with van der Waals surface area (Å²) in [6, 6.07) is 16.9. The van der Waals surface area contributed by atoms with Gasteiger partial charge in [0.05, 0.1) is 17.1 Å². The summed E-state index contributed by atoms with van der Waals surface area (Å²) in [5.74, 6) is 0.00814. The van der Waals surface area contributed by atoms with Gasteiger partial charge >= 0.3 is 0 Å². The van der Waals surface area contributed by atoms with Crippen LogP contribution in [0.25, 0.3) is 10.6 Å². The van der Waals surface area contributed by atoms with Crippen LogP contribution in [0.4, 0.5) is 0 Å². The van der Waals surface area contributed by atoms with Crippen molar-refractivity contribution >= 4 is 34.8 Å². The lowest BCUT2D eigenvalue weighted by Gasteiger charge is -2.32. The third-order valence-corrected chi connectivity index (χ3v) is 6.46. The Morgan fingerprint density at radius 3 is 2.50 bits per heavy atom. The van der Waals surface area contributed by atoms with Gasteiger partial charge in [0.2, 0.25) is 5.91 Å². The molecule has 4 rings (SSSR count). The number of halogens is 1.